The van der Waals surface area contributed by atoms with E-state index >= 15 is 0 Å². The molecule has 0 N–H and O–H groups in total. The van der Waals surface area contributed by atoms with Gasteiger partial charge in [0.2, 0.25) is 0 Å². The first-order chi connectivity index (χ1) is 67.0. The van der Waals surface area contributed by atoms with Gasteiger partial charge < -0.3 is 40.7 Å². The number of aromatic nitrogens is 6. The number of nitrogens with zero attached hydrogens (tertiary/aromatic N) is 6. The summed E-state index contributed by atoms with van der Waals surface area (Å²) in [5, 5.41) is 21.8. The fraction of sp³-hybridized carbons (Fsp3) is 0. The monoisotopic (exact) mass is 1720 g/mol. The molecule has 135 heavy (non-hydrogen) atoms. The van der Waals surface area contributed by atoms with Gasteiger partial charge in [0.1, 0.15) is 27.9 Å². The molecular formula is C126H78N6O3. The van der Waals surface area contributed by atoms with Gasteiger partial charge in [-0.25, -0.2) is 0 Å². The van der Waals surface area contributed by atoms with E-state index in [1.54, 1.807) is 0 Å². The van der Waals surface area contributed by atoms with Crippen LogP contribution in [0.2, 0.25) is 0 Å². The lowest BCUT2D eigenvalue weighted by Gasteiger charge is -2.12. The van der Waals surface area contributed by atoms with E-state index < -0.39 is 0 Å². The number of benzene rings is 21. The zero-order valence-corrected chi connectivity index (χ0v) is 72.9. The first-order valence-electron chi connectivity index (χ1n) is 46.1. The van der Waals surface area contributed by atoms with Crippen LogP contribution in [0.3, 0.4) is 0 Å². The van der Waals surface area contributed by atoms with Crippen molar-refractivity contribution in [2.24, 2.45) is 0 Å². The minimum absolute atomic E-state index is 0.898. The normalized spacial score (nSPS) is 12.0. The van der Waals surface area contributed by atoms with Crippen LogP contribution in [0.15, 0.2) is 486 Å². The van der Waals surface area contributed by atoms with Crippen LogP contribution in [-0.2, 0) is 0 Å². The van der Waals surface area contributed by atoms with Crippen LogP contribution in [0.5, 0.6) is 0 Å². The van der Waals surface area contributed by atoms with Crippen molar-refractivity contribution in [2.75, 3.05) is 0 Å². The van der Waals surface area contributed by atoms with Crippen molar-refractivity contribution in [3.05, 3.63) is 473 Å². The number of hydrogen-bond donors (Lipinski definition) is 0. The smallest absolute Gasteiger partial charge is 0.159 e. The second kappa shape index (κ2) is 30.2. The van der Waals surface area contributed by atoms with Gasteiger partial charge in [0.15, 0.2) is 5.58 Å². The molecule has 0 saturated carbocycles. The highest BCUT2D eigenvalue weighted by atomic mass is 16.3. The van der Waals surface area contributed by atoms with Crippen molar-refractivity contribution in [3.8, 4) is 67.5 Å². The Morgan fingerprint density at radius 1 is 0.133 bits per heavy atom. The van der Waals surface area contributed by atoms with Crippen LogP contribution < -0.4 is 0 Å². The summed E-state index contributed by atoms with van der Waals surface area (Å²) in [7, 11) is 0. The Labute approximate surface area is 772 Å². The number of para-hydroxylation sites is 13. The van der Waals surface area contributed by atoms with Gasteiger partial charge in [-0.2, -0.15) is 0 Å². The van der Waals surface area contributed by atoms with Gasteiger partial charge in [-0.15, -0.1) is 0 Å². The van der Waals surface area contributed by atoms with Gasteiger partial charge in [0.25, 0.3) is 0 Å². The minimum Gasteiger partial charge on any atom is -0.456 e. The fourth-order valence-electron chi connectivity index (χ4n) is 22.1. The molecule has 9 aromatic heterocycles. The van der Waals surface area contributed by atoms with Crippen LogP contribution >= 0.6 is 0 Å². The quantitative estimate of drug-likeness (QED) is 0.145. The van der Waals surface area contributed by atoms with Crippen molar-refractivity contribution >= 4 is 197 Å². The van der Waals surface area contributed by atoms with Gasteiger partial charge >= 0.3 is 0 Å². The van der Waals surface area contributed by atoms with Crippen LogP contribution in [-0.4, -0.2) is 27.4 Å². The van der Waals surface area contributed by atoms with Crippen molar-refractivity contribution in [3.63, 3.8) is 0 Å². The molecule has 0 spiro atoms. The molecule has 0 radical (unpaired) electrons. The predicted molar refractivity (Wildman–Crippen MR) is 564 cm³/mol. The van der Waals surface area contributed by atoms with E-state index in [1.165, 1.54) is 153 Å². The van der Waals surface area contributed by atoms with E-state index in [4.69, 9.17) is 13.3 Å². The van der Waals surface area contributed by atoms with Gasteiger partial charge in [-0.05, 0) is 191 Å². The Morgan fingerprint density at radius 3 is 0.919 bits per heavy atom. The highest BCUT2D eigenvalue weighted by Gasteiger charge is 2.26. The zero-order chi connectivity index (χ0) is 88.5. The summed E-state index contributed by atoms with van der Waals surface area (Å²) in [5.41, 5.74) is 33.6. The van der Waals surface area contributed by atoms with Crippen LogP contribution in [0.1, 0.15) is 0 Å². The Bertz CT molecular complexity index is 9980. The topological polar surface area (TPSA) is 69.0 Å². The van der Waals surface area contributed by atoms with Gasteiger partial charge in [0.05, 0.1) is 83.0 Å². The second-order valence-electron chi connectivity index (χ2n) is 35.3. The highest BCUT2D eigenvalue weighted by molar-refractivity contribution is 6.21. The Morgan fingerprint density at radius 2 is 0.422 bits per heavy atom. The van der Waals surface area contributed by atoms with Crippen molar-refractivity contribution in [1.29, 1.82) is 0 Å². The van der Waals surface area contributed by atoms with Gasteiger partial charge in [-0.1, -0.05) is 309 Å². The minimum atomic E-state index is 0.898. The van der Waals surface area contributed by atoms with Crippen molar-refractivity contribution in [1.82, 2.24) is 27.4 Å². The van der Waals surface area contributed by atoms with Gasteiger partial charge in [-0.3, -0.25) is 0 Å². The first kappa shape index (κ1) is 75.8. The van der Waals surface area contributed by atoms with E-state index in [0.717, 1.165) is 111 Å². The molecule has 0 aliphatic rings. The number of fused-ring (bicyclic) bond motifs is 27. The van der Waals surface area contributed by atoms with E-state index in [2.05, 4.69) is 464 Å². The summed E-state index contributed by atoms with van der Waals surface area (Å²) in [6.07, 6.45) is 0. The Hall–Kier alpha value is -18.2. The summed E-state index contributed by atoms with van der Waals surface area (Å²) in [6.45, 7) is 0. The molecule has 0 aliphatic heterocycles. The van der Waals surface area contributed by atoms with Crippen LogP contribution in [0, 0.1) is 0 Å². The summed E-state index contributed by atoms with van der Waals surface area (Å²) in [6, 6.07) is 170. The Balaban J connectivity index is 0.000000101. The summed E-state index contributed by atoms with van der Waals surface area (Å²) in [5.74, 6) is 0. The second-order valence-corrected chi connectivity index (χ2v) is 35.3. The molecule has 30 aromatic rings. The maximum absolute atomic E-state index is 6.52. The molecule has 0 unspecified atom stereocenters. The lowest BCUT2D eigenvalue weighted by atomic mass is 9.99. The average Bonchev–Trinajstić information content (AvgIpc) is 1.57. The summed E-state index contributed by atoms with van der Waals surface area (Å²) in [4.78, 5) is 0. The molecular weight excluding hydrogens is 1650 g/mol. The lowest BCUT2D eigenvalue weighted by Crippen LogP contribution is -1.95. The molecule has 0 bridgehead atoms. The Kier molecular flexibility index (Phi) is 17.0. The molecule has 21 aromatic carbocycles. The van der Waals surface area contributed by atoms with Crippen LogP contribution in [0.4, 0.5) is 0 Å². The molecule has 0 amide bonds. The first-order valence-corrected chi connectivity index (χ1v) is 46.1. The largest absolute Gasteiger partial charge is 0.456 e. The molecule has 0 atom stereocenters. The third-order valence-corrected chi connectivity index (χ3v) is 27.9. The van der Waals surface area contributed by atoms with Crippen molar-refractivity contribution < 1.29 is 13.3 Å². The summed E-state index contributed by atoms with van der Waals surface area (Å²) < 4.78 is 33.4. The highest BCUT2D eigenvalue weighted by Crippen LogP contribution is 2.47. The average molecular weight is 1720 g/mol. The van der Waals surface area contributed by atoms with Crippen LogP contribution in [0.25, 0.3) is 264 Å². The number of hydrogen-bond acceptors (Lipinski definition) is 3. The zero-order valence-electron chi connectivity index (χ0n) is 72.9. The standard InChI is InChI=1S/3C42H26N2O/c1-5-20-35-30(14-1)31-15-2-6-21-36(31)43(35)28-13-9-12-27(26-28)29-18-10-23-38-41(29)34-17-3-7-22-37(34)44(38)39-24-11-19-33-32-16-4-8-25-40(32)45-42(33)39;1-5-17-35-30(13-1)31-14-2-6-18-36(31)43(35)29-12-9-11-27(25-29)28-23-24-33-32-15-3-7-19-37(32)44(39(33)26-28)38-20-10-22-41-42(38)34-16-4-8-21-40(34)45-41;1-5-16-37-31(12-1)32-13-2-6-17-38(32)43(37)29-11-9-10-27(24-29)28-20-22-34-33-14-3-7-18-39(33)44(40(34)25-28)30-21-23-36-35-15-4-8-19-41(35)45-42(36)26-30/h3*1-26H. The molecule has 30 rings (SSSR count). The number of rotatable bonds is 9. The van der Waals surface area contributed by atoms with E-state index in [1.807, 2.05) is 36.4 Å². The van der Waals surface area contributed by atoms with Crippen molar-refractivity contribution in [2.45, 2.75) is 0 Å². The molecule has 0 aliphatic carbocycles. The number of furan rings is 3. The molecule has 9 nitrogen and oxygen atoms in total. The SMILES string of the molecule is c1cc(-c2ccc3c4ccccc4n(-c4ccc5c(c4)oc4ccccc45)c3c2)cc(-n2c3ccccc3c3ccccc32)c1.c1cc(-c2ccc3c4ccccc4n(-c4cccc5oc6ccccc6c45)c3c2)cc(-n2c3ccccc3c3ccccc32)c1.c1cc(-c2cccc3c2c2ccccc2n3-c2cccc3c2oc2ccccc23)cc(-n2c3ccccc3c3ccccc32)c1. The lowest BCUT2D eigenvalue weighted by molar-refractivity contribution is 0.666. The molecule has 9 heterocycles. The third-order valence-electron chi connectivity index (χ3n) is 27.9. The fourth-order valence-corrected chi connectivity index (χ4v) is 22.1. The van der Waals surface area contributed by atoms with E-state index in [-0.39, 0.29) is 0 Å². The molecule has 0 saturated heterocycles. The molecule has 0 fully saturated rings. The summed E-state index contributed by atoms with van der Waals surface area (Å²) >= 11 is 0. The van der Waals surface area contributed by atoms with E-state index in [9.17, 15) is 0 Å². The maximum Gasteiger partial charge on any atom is 0.159 e. The van der Waals surface area contributed by atoms with Gasteiger partial charge in [0, 0.05) is 120 Å². The predicted octanol–water partition coefficient (Wildman–Crippen LogP) is 34.3. The maximum atomic E-state index is 6.52. The molecule has 630 valence electrons. The van der Waals surface area contributed by atoms with E-state index in [0.29, 0.717) is 0 Å². The third kappa shape index (κ3) is 11.8. The molecule has 9 heteroatoms.